The number of halogens is 1. The standard InChI is InChI=1S/C14H16ClN5O4S3/c1-10-2-4-12(5-3-10)27(23,24)18-6-7-25-14(19-20(21)22)17-9-11-8-16-13(15)26-11/h2-5,8,18H,6-7,9H2,1H3,(H,17,19). The first-order chi connectivity index (χ1) is 12.8. The number of amidine groups is 1. The lowest BCUT2D eigenvalue weighted by Crippen LogP contribution is -2.28. The van der Waals surface area contributed by atoms with Crippen LogP contribution < -0.4 is 10.0 Å². The minimum Gasteiger partial charge on any atom is -0.355 e. The SMILES string of the molecule is Cc1ccc(S(=O)(=O)NCCSC(=N[N+](=O)[O-])NCc2cnc(Cl)s2)cc1. The molecule has 0 aliphatic carbocycles. The first-order valence-electron chi connectivity index (χ1n) is 7.52. The Bertz CT molecular complexity index is 915. The van der Waals surface area contributed by atoms with E-state index in [0.717, 1.165) is 22.2 Å². The molecular weight excluding hydrogens is 434 g/mol. The molecule has 0 spiro atoms. The molecule has 2 N–H and O–H groups in total. The van der Waals surface area contributed by atoms with Crippen LogP contribution in [0.1, 0.15) is 10.4 Å². The Hall–Kier alpha value is -1.73. The minimum atomic E-state index is -3.63. The molecule has 1 aromatic heterocycles. The Labute approximate surface area is 169 Å². The normalized spacial score (nSPS) is 12.1. The molecule has 0 amide bonds. The fourth-order valence-electron chi connectivity index (χ4n) is 1.84. The number of nitrogens with zero attached hydrogens (tertiary/aromatic N) is 3. The highest BCUT2D eigenvalue weighted by atomic mass is 35.5. The Morgan fingerprint density at radius 3 is 2.70 bits per heavy atom. The largest absolute Gasteiger partial charge is 0.355 e. The zero-order valence-electron chi connectivity index (χ0n) is 14.1. The number of benzene rings is 1. The van der Waals surface area contributed by atoms with E-state index in [9.17, 15) is 18.5 Å². The third kappa shape index (κ3) is 7.42. The topological polar surface area (TPSA) is 127 Å². The highest BCUT2D eigenvalue weighted by molar-refractivity contribution is 8.13. The van der Waals surface area contributed by atoms with Crippen LogP contribution in [0.4, 0.5) is 0 Å². The van der Waals surface area contributed by atoms with E-state index in [-0.39, 0.29) is 28.9 Å². The van der Waals surface area contributed by atoms with Crippen LogP contribution in [0.25, 0.3) is 0 Å². The van der Waals surface area contributed by atoms with Gasteiger partial charge in [-0.25, -0.2) is 28.2 Å². The monoisotopic (exact) mass is 449 g/mol. The Balaban J connectivity index is 1.85. The fourth-order valence-corrected chi connectivity index (χ4v) is 4.62. The molecule has 1 heterocycles. The summed E-state index contributed by atoms with van der Waals surface area (Å²) in [5, 5.41) is 16.0. The highest BCUT2D eigenvalue weighted by Gasteiger charge is 2.14. The van der Waals surface area contributed by atoms with Crippen molar-refractivity contribution >= 4 is 49.9 Å². The zero-order valence-corrected chi connectivity index (χ0v) is 17.3. The third-order valence-corrected chi connectivity index (χ3v) is 6.58. The van der Waals surface area contributed by atoms with E-state index in [1.54, 1.807) is 18.3 Å². The van der Waals surface area contributed by atoms with E-state index in [2.05, 4.69) is 20.1 Å². The van der Waals surface area contributed by atoms with E-state index in [4.69, 9.17) is 11.6 Å². The maximum absolute atomic E-state index is 12.2. The summed E-state index contributed by atoms with van der Waals surface area (Å²) in [7, 11) is -3.63. The van der Waals surface area contributed by atoms with Crippen LogP contribution in [-0.4, -0.2) is 35.9 Å². The molecule has 0 saturated carbocycles. The van der Waals surface area contributed by atoms with E-state index in [1.807, 2.05) is 6.92 Å². The minimum absolute atomic E-state index is 0.0686. The summed E-state index contributed by atoms with van der Waals surface area (Å²) in [6.45, 7) is 2.23. The lowest BCUT2D eigenvalue weighted by Gasteiger charge is -2.08. The van der Waals surface area contributed by atoms with Gasteiger partial charge in [-0.3, -0.25) is 0 Å². The number of thioether (sulfide) groups is 1. The number of hydrazone groups is 1. The lowest BCUT2D eigenvalue weighted by atomic mass is 10.2. The number of thiazole rings is 1. The van der Waals surface area contributed by atoms with Crippen molar-refractivity contribution in [2.75, 3.05) is 12.3 Å². The molecule has 0 fully saturated rings. The average molecular weight is 450 g/mol. The molecule has 1 aromatic carbocycles. The van der Waals surface area contributed by atoms with Crippen molar-refractivity contribution in [2.45, 2.75) is 18.4 Å². The van der Waals surface area contributed by atoms with Gasteiger partial charge in [0.25, 0.3) is 0 Å². The van der Waals surface area contributed by atoms with Gasteiger partial charge >= 0.3 is 0 Å². The van der Waals surface area contributed by atoms with Crippen molar-refractivity contribution in [3.8, 4) is 0 Å². The number of hydrogen-bond donors (Lipinski definition) is 2. The van der Waals surface area contributed by atoms with Crippen LogP contribution in [0.15, 0.2) is 40.5 Å². The number of rotatable bonds is 8. The summed E-state index contributed by atoms with van der Waals surface area (Å²) in [5.74, 6) is 0.258. The van der Waals surface area contributed by atoms with Gasteiger partial charge in [0.05, 0.1) is 16.5 Å². The molecule has 0 saturated heterocycles. The summed E-state index contributed by atoms with van der Waals surface area (Å²) >= 11 is 8.02. The van der Waals surface area contributed by atoms with Crippen LogP contribution in [0.2, 0.25) is 4.47 Å². The molecule has 0 aliphatic heterocycles. The van der Waals surface area contributed by atoms with Gasteiger partial charge < -0.3 is 5.32 Å². The second-order valence-corrected chi connectivity index (χ2v) is 9.68. The van der Waals surface area contributed by atoms with E-state index >= 15 is 0 Å². The summed E-state index contributed by atoms with van der Waals surface area (Å²) in [6.07, 6.45) is 1.56. The molecule has 9 nitrogen and oxygen atoms in total. The molecule has 13 heteroatoms. The van der Waals surface area contributed by atoms with Gasteiger partial charge in [-0.2, -0.15) is 0 Å². The number of aryl methyl sites for hydroxylation is 1. The molecule has 146 valence electrons. The van der Waals surface area contributed by atoms with Gasteiger partial charge in [0, 0.05) is 23.4 Å². The maximum atomic E-state index is 12.2. The van der Waals surface area contributed by atoms with Crippen LogP contribution in [0, 0.1) is 17.0 Å². The van der Waals surface area contributed by atoms with Gasteiger partial charge in [-0.05, 0) is 19.1 Å². The Morgan fingerprint density at radius 2 is 2.11 bits per heavy atom. The van der Waals surface area contributed by atoms with Crippen molar-refractivity contribution in [3.63, 3.8) is 0 Å². The molecule has 27 heavy (non-hydrogen) atoms. The number of nitro groups is 1. The van der Waals surface area contributed by atoms with Crippen LogP contribution in [0.5, 0.6) is 0 Å². The molecule has 0 atom stereocenters. The number of aromatic nitrogens is 1. The van der Waals surface area contributed by atoms with Crippen molar-refractivity contribution in [2.24, 2.45) is 5.10 Å². The predicted octanol–water partition coefficient (Wildman–Crippen LogP) is 2.45. The van der Waals surface area contributed by atoms with Crippen molar-refractivity contribution in [3.05, 3.63) is 55.5 Å². The smallest absolute Gasteiger partial charge is 0.240 e. The zero-order chi connectivity index (χ0) is 19.9. The van der Waals surface area contributed by atoms with Gasteiger partial charge in [0.2, 0.25) is 15.2 Å². The van der Waals surface area contributed by atoms with Crippen molar-refractivity contribution in [1.82, 2.24) is 15.0 Å². The molecule has 0 radical (unpaired) electrons. The average Bonchev–Trinajstić information content (AvgIpc) is 3.01. The van der Waals surface area contributed by atoms with E-state index < -0.39 is 15.1 Å². The maximum Gasteiger partial charge on any atom is 0.240 e. The number of hydrogen-bond acceptors (Lipinski definition) is 7. The summed E-state index contributed by atoms with van der Waals surface area (Å²) in [5.41, 5.74) is 0.957. The fraction of sp³-hybridized carbons (Fsp3) is 0.286. The third-order valence-electron chi connectivity index (χ3n) is 3.08. The second kappa shape index (κ2) is 9.99. The van der Waals surface area contributed by atoms with Gasteiger partial charge in [0.1, 0.15) is 0 Å². The molecular formula is C14H16ClN5O4S3. The lowest BCUT2D eigenvalue weighted by molar-refractivity contribution is -0.484. The van der Waals surface area contributed by atoms with Crippen molar-refractivity contribution < 1.29 is 13.5 Å². The van der Waals surface area contributed by atoms with Gasteiger partial charge in [-0.1, -0.05) is 41.1 Å². The number of nitrogens with one attached hydrogen (secondary N) is 2. The van der Waals surface area contributed by atoms with E-state index in [1.165, 1.54) is 23.5 Å². The quantitative estimate of drug-likeness (QED) is 0.208. The van der Waals surface area contributed by atoms with Crippen molar-refractivity contribution in [1.29, 1.82) is 0 Å². The summed E-state index contributed by atoms with van der Waals surface area (Å²) < 4.78 is 27.2. The first kappa shape index (κ1) is 21.6. The van der Waals surface area contributed by atoms with Crippen LogP contribution in [0.3, 0.4) is 0 Å². The Kier molecular flexibility index (Phi) is 7.98. The van der Waals surface area contributed by atoms with Crippen LogP contribution >= 0.6 is 34.7 Å². The van der Waals surface area contributed by atoms with Crippen LogP contribution in [-0.2, 0) is 16.6 Å². The second-order valence-electron chi connectivity index (χ2n) is 5.14. The summed E-state index contributed by atoms with van der Waals surface area (Å²) in [6, 6.07) is 6.46. The molecule has 0 aliphatic rings. The van der Waals surface area contributed by atoms with Gasteiger partial charge in [-0.15, -0.1) is 11.3 Å². The van der Waals surface area contributed by atoms with Gasteiger partial charge in [0.15, 0.2) is 9.50 Å². The first-order valence-corrected chi connectivity index (χ1v) is 11.2. The summed E-state index contributed by atoms with van der Waals surface area (Å²) in [4.78, 5) is 15.5. The highest BCUT2D eigenvalue weighted by Crippen LogP contribution is 2.17. The predicted molar refractivity (Wildman–Crippen MR) is 107 cm³/mol. The number of sulfonamides is 1. The van der Waals surface area contributed by atoms with E-state index in [0.29, 0.717) is 4.47 Å². The molecule has 0 bridgehead atoms. The molecule has 2 aromatic rings. The molecule has 2 rings (SSSR count). The molecule has 0 unspecified atom stereocenters. The Morgan fingerprint density at radius 1 is 1.41 bits per heavy atom.